The van der Waals surface area contributed by atoms with Gasteiger partial charge in [-0.2, -0.15) is 0 Å². The lowest BCUT2D eigenvalue weighted by atomic mass is 10.2. The number of fused-ring (bicyclic) bond motifs is 1. The Morgan fingerprint density at radius 3 is 2.67 bits per heavy atom. The van der Waals surface area contributed by atoms with E-state index in [0.717, 1.165) is 31.4 Å². The maximum atomic E-state index is 4.67. The Morgan fingerprint density at radius 2 is 1.94 bits per heavy atom. The molecule has 3 rings (SSSR count). The highest BCUT2D eigenvalue weighted by atomic mass is 79.9. The summed E-state index contributed by atoms with van der Waals surface area (Å²) in [6.07, 6.45) is 0. The molecule has 2 aromatic carbocycles. The van der Waals surface area contributed by atoms with Crippen molar-refractivity contribution in [1.82, 2.24) is 9.97 Å². The molecule has 2 nitrogen and oxygen atoms in total. The van der Waals surface area contributed by atoms with Gasteiger partial charge in [0, 0.05) is 14.5 Å². The maximum absolute atomic E-state index is 4.67. The van der Waals surface area contributed by atoms with Gasteiger partial charge >= 0.3 is 0 Å². The number of aryl methyl sites for hydroxylation is 1. The molecule has 0 saturated heterocycles. The molecule has 0 amide bonds. The van der Waals surface area contributed by atoms with Crippen LogP contribution in [0.25, 0.3) is 22.4 Å². The number of H-pyrrole nitrogens is 1. The number of hydrogen-bond donors (Lipinski definition) is 1. The number of nitrogens with one attached hydrogen (secondary N) is 1. The molecule has 18 heavy (non-hydrogen) atoms. The second-order valence-electron chi connectivity index (χ2n) is 4.18. The third-order valence-electron chi connectivity index (χ3n) is 2.90. The first-order valence-corrected chi connectivity index (χ1v) is 7.14. The summed E-state index contributed by atoms with van der Waals surface area (Å²) < 4.78 is 2.07. The number of nitrogens with zero attached hydrogens (tertiary/aromatic N) is 1. The fraction of sp³-hybridized carbons (Fsp3) is 0.0714. The topological polar surface area (TPSA) is 28.7 Å². The normalized spacial score (nSPS) is 11.1. The monoisotopic (exact) mass is 364 g/mol. The second-order valence-corrected chi connectivity index (χ2v) is 5.95. The van der Waals surface area contributed by atoms with Crippen LogP contribution in [-0.4, -0.2) is 9.97 Å². The first-order chi connectivity index (χ1) is 8.65. The zero-order valence-electron chi connectivity index (χ0n) is 9.67. The molecule has 1 aromatic heterocycles. The molecule has 0 aliphatic heterocycles. The average molecular weight is 366 g/mol. The molecule has 0 fully saturated rings. The fourth-order valence-corrected chi connectivity index (χ4v) is 3.22. The summed E-state index contributed by atoms with van der Waals surface area (Å²) in [6, 6.07) is 12.2. The molecule has 4 heteroatoms. The Morgan fingerprint density at radius 1 is 1.11 bits per heavy atom. The number of para-hydroxylation sites is 1. The molecule has 0 spiro atoms. The third-order valence-corrected chi connectivity index (χ3v) is 4.05. The molecule has 0 bridgehead atoms. The highest BCUT2D eigenvalue weighted by Crippen LogP contribution is 2.30. The van der Waals surface area contributed by atoms with Crippen molar-refractivity contribution < 1.29 is 0 Å². The van der Waals surface area contributed by atoms with Gasteiger partial charge in [-0.15, -0.1) is 0 Å². The summed E-state index contributed by atoms with van der Waals surface area (Å²) in [7, 11) is 0. The van der Waals surface area contributed by atoms with Crippen LogP contribution < -0.4 is 0 Å². The average Bonchev–Trinajstić information content (AvgIpc) is 2.74. The van der Waals surface area contributed by atoms with E-state index in [1.165, 1.54) is 5.56 Å². The highest BCUT2D eigenvalue weighted by molar-refractivity contribution is 9.11. The Hall–Kier alpha value is -1.13. The van der Waals surface area contributed by atoms with Crippen molar-refractivity contribution in [1.29, 1.82) is 0 Å². The summed E-state index contributed by atoms with van der Waals surface area (Å²) in [5.74, 6) is 0.888. The van der Waals surface area contributed by atoms with Crippen molar-refractivity contribution in [2.24, 2.45) is 0 Å². The zero-order valence-corrected chi connectivity index (χ0v) is 12.8. The van der Waals surface area contributed by atoms with E-state index in [1.807, 2.05) is 30.3 Å². The summed E-state index contributed by atoms with van der Waals surface area (Å²) in [4.78, 5) is 8.03. The van der Waals surface area contributed by atoms with Gasteiger partial charge in [0.1, 0.15) is 5.82 Å². The van der Waals surface area contributed by atoms with Gasteiger partial charge in [-0.05, 0) is 52.7 Å². The number of benzene rings is 2. The van der Waals surface area contributed by atoms with E-state index in [2.05, 4.69) is 54.8 Å². The number of halogens is 2. The number of rotatable bonds is 1. The van der Waals surface area contributed by atoms with E-state index in [-0.39, 0.29) is 0 Å². The summed E-state index contributed by atoms with van der Waals surface area (Å²) in [6.45, 7) is 2.07. The minimum absolute atomic E-state index is 0.888. The van der Waals surface area contributed by atoms with Gasteiger partial charge in [0.15, 0.2) is 0 Å². The first-order valence-electron chi connectivity index (χ1n) is 5.56. The van der Waals surface area contributed by atoms with Gasteiger partial charge < -0.3 is 4.98 Å². The van der Waals surface area contributed by atoms with Crippen molar-refractivity contribution in [3.63, 3.8) is 0 Å². The highest BCUT2D eigenvalue weighted by Gasteiger charge is 2.09. The van der Waals surface area contributed by atoms with Gasteiger partial charge in [-0.1, -0.05) is 28.1 Å². The van der Waals surface area contributed by atoms with E-state index in [1.54, 1.807) is 0 Å². The van der Waals surface area contributed by atoms with Crippen LogP contribution in [0, 0.1) is 6.92 Å². The molecular weight excluding hydrogens is 356 g/mol. The Kier molecular flexibility index (Phi) is 2.99. The lowest BCUT2D eigenvalue weighted by molar-refractivity contribution is 1.32. The van der Waals surface area contributed by atoms with Crippen molar-refractivity contribution in [2.75, 3.05) is 0 Å². The van der Waals surface area contributed by atoms with Crippen molar-refractivity contribution >= 4 is 42.9 Å². The molecule has 0 aliphatic carbocycles. The number of imidazole rings is 1. The number of aromatic nitrogens is 2. The van der Waals surface area contributed by atoms with E-state index in [4.69, 9.17) is 0 Å². The predicted molar refractivity (Wildman–Crippen MR) is 81.7 cm³/mol. The van der Waals surface area contributed by atoms with Crippen molar-refractivity contribution in [3.05, 3.63) is 50.9 Å². The van der Waals surface area contributed by atoms with Crippen LogP contribution in [0.3, 0.4) is 0 Å². The fourth-order valence-electron chi connectivity index (χ4n) is 1.98. The third kappa shape index (κ3) is 1.99. The van der Waals surface area contributed by atoms with E-state index >= 15 is 0 Å². The molecule has 0 atom stereocenters. The quantitative estimate of drug-likeness (QED) is 0.641. The number of aromatic amines is 1. The smallest absolute Gasteiger partial charge is 0.139 e. The van der Waals surface area contributed by atoms with Crippen LogP contribution in [0.5, 0.6) is 0 Å². The van der Waals surface area contributed by atoms with Gasteiger partial charge in [0.2, 0.25) is 0 Å². The molecule has 0 radical (unpaired) electrons. The molecule has 3 aromatic rings. The lowest BCUT2D eigenvalue weighted by Gasteiger charge is -2.00. The summed E-state index contributed by atoms with van der Waals surface area (Å²) in [5.41, 5.74) is 4.35. The maximum Gasteiger partial charge on any atom is 0.139 e. The van der Waals surface area contributed by atoms with Crippen molar-refractivity contribution in [3.8, 4) is 11.4 Å². The van der Waals surface area contributed by atoms with Gasteiger partial charge in [0.25, 0.3) is 0 Å². The minimum atomic E-state index is 0.888. The Labute approximate surface area is 122 Å². The van der Waals surface area contributed by atoms with Crippen molar-refractivity contribution in [2.45, 2.75) is 6.92 Å². The molecule has 90 valence electrons. The van der Waals surface area contributed by atoms with Crippen LogP contribution in [0.15, 0.2) is 45.3 Å². The molecule has 0 unspecified atom stereocenters. The van der Waals surface area contributed by atoms with Crippen LogP contribution in [0.4, 0.5) is 0 Å². The van der Waals surface area contributed by atoms with Crippen LogP contribution in [0.2, 0.25) is 0 Å². The summed E-state index contributed by atoms with van der Waals surface area (Å²) in [5, 5.41) is 0. The second kappa shape index (κ2) is 4.52. The summed E-state index contributed by atoms with van der Waals surface area (Å²) >= 11 is 7.02. The molecule has 1 heterocycles. The van der Waals surface area contributed by atoms with Gasteiger partial charge in [-0.3, -0.25) is 0 Å². The van der Waals surface area contributed by atoms with E-state index < -0.39 is 0 Å². The van der Waals surface area contributed by atoms with E-state index in [9.17, 15) is 0 Å². The minimum Gasteiger partial charge on any atom is -0.338 e. The zero-order chi connectivity index (χ0) is 12.7. The van der Waals surface area contributed by atoms with Gasteiger partial charge in [0.05, 0.1) is 11.0 Å². The lowest BCUT2D eigenvalue weighted by Crippen LogP contribution is -1.82. The molecular formula is C14H10Br2N2. The molecule has 0 saturated carbocycles. The van der Waals surface area contributed by atoms with Crippen LogP contribution >= 0.6 is 31.9 Å². The van der Waals surface area contributed by atoms with E-state index in [0.29, 0.717) is 0 Å². The Balaban J connectivity index is 2.23. The Bertz CT molecular complexity index is 732. The molecule has 0 aliphatic rings. The van der Waals surface area contributed by atoms with Crippen LogP contribution in [0.1, 0.15) is 5.56 Å². The number of hydrogen-bond acceptors (Lipinski definition) is 1. The first kappa shape index (κ1) is 11.9. The van der Waals surface area contributed by atoms with Crippen LogP contribution in [-0.2, 0) is 0 Å². The van der Waals surface area contributed by atoms with Gasteiger partial charge in [-0.25, -0.2) is 4.98 Å². The standard InChI is InChI=1S/C14H10Br2N2/c1-8-3-2-4-12-13(8)18-14(17-12)10-6-5-9(15)7-11(10)16/h2-7H,1H3,(H,17,18). The SMILES string of the molecule is Cc1cccc2[nH]c(-c3ccc(Br)cc3Br)nc12. The predicted octanol–water partition coefficient (Wildman–Crippen LogP) is 5.06. The largest absolute Gasteiger partial charge is 0.338 e. The molecule has 1 N–H and O–H groups in total.